The van der Waals surface area contributed by atoms with Crippen LogP contribution < -0.4 is 20.7 Å². The third-order valence-electron chi connectivity index (χ3n) is 14.8. The fraction of sp³-hybridized carbons (Fsp3) is 0. The molecule has 0 saturated carbocycles. The molecular weight excluding hydrogens is 863 g/mol. The van der Waals surface area contributed by atoms with E-state index in [1.54, 1.807) is 0 Å². The summed E-state index contributed by atoms with van der Waals surface area (Å²) in [6, 6.07) is 102. The smallest absolute Gasteiger partial charge is 0.181 e. The summed E-state index contributed by atoms with van der Waals surface area (Å²) in [6.45, 7) is 0. The highest BCUT2D eigenvalue weighted by molar-refractivity contribution is 7.20. The highest BCUT2D eigenvalue weighted by atomic mass is 28.3. The molecule has 3 nitrogen and oxygen atoms in total. The number of hydrogen-bond acceptors (Lipinski definition) is 0. The normalized spacial score (nSPS) is 12.0. The molecule has 0 N–H and O–H groups in total. The lowest BCUT2D eigenvalue weighted by atomic mass is 10.0. The summed E-state index contributed by atoms with van der Waals surface area (Å²) in [4.78, 5) is 0. The lowest BCUT2D eigenvalue weighted by Crippen LogP contribution is -2.75. The largest absolute Gasteiger partial charge is 0.307 e. The first-order valence-electron chi connectivity index (χ1n) is 24.2. The van der Waals surface area contributed by atoms with Crippen molar-refractivity contribution < 1.29 is 0 Å². The van der Waals surface area contributed by atoms with Crippen molar-refractivity contribution in [2.75, 3.05) is 0 Å². The minimum atomic E-state index is -3.19. The van der Waals surface area contributed by atoms with Crippen molar-refractivity contribution in [3.05, 3.63) is 273 Å². The first-order valence-corrected chi connectivity index (χ1v) is 26.2. The number of nitrogens with zero attached hydrogens (tertiary/aromatic N) is 3. The van der Waals surface area contributed by atoms with Crippen molar-refractivity contribution >= 4 is 94.2 Å². The molecule has 70 heavy (non-hydrogen) atoms. The van der Waals surface area contributed by atoms with Crippen LogP contribution in [0.5, 0.6) is 0 Å². The number of fused-ring (bicyclic) bond motifs is 9. The van der Waals surface area contributed by atoms with Gasteiger partial charge >= 0.3 is 0 Å². The average molecular weight is 908 g/mol. The molecule has 14 aromatic rings. The van der Waals surface area contributed by atoms with E-state index in [1.807, 2.05) is 0 Å². The molecule has 3 heterocycles. The summed E-state index contributed by atoms with van der Waals surface area (Å²) in [5.74, 6) is 0. The minimum Gasteiger partial charge on any atom is -0.307 e. The van der Waals surface area contributed by atoms with Gasteiger partial charge in [0.1, 0.15) is 0 Å². The minimum absolute atomic E-state index is 1.12. The second kappa shape index (κ2) is 16.1. The maximum Gasteiger partial charge on any atom is 0.181 e. The molecule has 4 heteroatoms. The zero-order chi connectivity index (χ0) is 46.2. The summed E-state index contributed by atoms with van der Waals surface area (Å²) < 4.78 is 7.77. The molecule has 0 fully saturated rings. The highest BCUT2D eigenvalue weighted by Gasteiger charge is 2.44. The van der Waals surface area contributed by atoms with Crippen LogP contribution in [-0.4, -0.2) is 21.8 Å². The molecule has 0 unspecified atom stereocenters. The second-order valence-corrected chi connectivity index (χ2v) is 22.1. The van der Waals surface area contributed by atoms with Gasteiger partial charge < -0.3 is 13.7 Å². The SMILES string of the molecule is c1ccc(-c2ccccc2-n2c3ccccc3c3cccc(-n4c5ccccc5c5ccc([Si](c6ccccc6)(c6ccccc6)c6ccccc6)c(-n6c7ccccc7c7ccccc76)c54)c32)cc1. The third kappa shape index (κ3) is 5.81. The van der Waals surface area contributed by atoms with Crippen LogP contribution in [0.4, 0.5) is 0 Å². The molecule has 328 valence electrons. The monoisotopic (exact) mass is 907 g/mol. The summed E-state index contributed by atoms with van der Waals surface area (Å²) in [5.41, 5.74) is 12.8. The van der Waals surface area contributed by atoms with Gasteiger partial charge in [0.15, 0.2) is 8.07 Å². The third-order valence-corrected chi connectivity index (χ3v) is 19.6. The van der Waals surface area contributed by atoms with Gasteiger partial charge in [-0.15, -0.1) is 0 Å². The topological polar surface area (TPSA) is 14.8 Å². The predicted molar refractivity (Wildman–Crippen MR) is 299 cm³/mol. The number of para-hydroxylation sites is 6. The molecule has 0 radical (unpaired) electrons. The van der Waals surface area contributed by atoms with E-state index in [0.717, 1.165) is 22.4 Å². The van der Waals surface area contributed by atoms with Gasteiger partial charge in [0, 0.05) is 37.9 Å². The van der Waals surface area contributed by atoms with Crippen LogP contribution in [0.2, 0.25) is 0 Å². The molecule has 0 saturated heterocycles. The fourth-order valence-electron chi connectivity index (χ4n) is 12.0. The summed E-state index contributed by atoms with van der Waals surface area (Å²) in [5, 5.41) is 12.6. The van der Waals surface area contributed by atoms with Gasteiger partial charge in [-0.25, -0.2) is 0 Å². The van der Waals surface area contributed by atoms with Crippen LogP contribution >= 0.6 is 0 Å². The van der Waals surface area contributed by atoms with Crippen molar-refractivity contribution in [3.8, 4) is 28.2 Å². The van der Waals surface area contributed by atoms with Crippen LogP contribution in [0.1, 0.15) is 0 Å². The quantitative estimate of drug-likeness (QED) is 0.107. The van der Waals surface area contributed by atoms with E-state index < -0.39 is 8.07 Å². The maximum absolute atomic E-state index is 3.19. The Morgan fingerprint density at radius 3 is 1.14 bits per heavy atom. The fourth-order valence-corrected chi connectivity index (χ4v) is 16.9. The van der Waals surface area contributed by atoms with E-state index in [4.69, 9.17) is 0 Å². The van der Waals surface area contributed by atoms with Gasteiger partial charge in [0.25, 0.3) is 0 Å². The summed E-state index contributed by atoms with van der Waals surface area (Å²) >= 11 is 0. The first kappa shape index (κ1) is 40.1. The van der Waals surface area contributed by atoms with Crippen molar-refractivity contribution in [2.45, 2.75) is 0 Å². The van der Waals surface area contributed by atoms with E-state index in [2.05, 4.69) is 287 Å². The van der Waals surface area contributed by atoms with Crippen LogP contribution in [0.25, 0.3) is 93.6 Å². The maximum atomic E-state index is 2.62. The Morgan fingerprint density at radius 1 is 0.243 bits per heavy atom. The molecular formula is C66H45N3Si. The second-order valence-electron chi connectivity index (χ2n) is 18.3. The van der Waals surface area contributed by atoms with E-state index >= 15 is 0 Å². The molecule has 0 amide bonds. The Labute approximate surface area is 407 Å². The molecule has 0 aliphatic heterocycles. The molecule has 11 aromatic carbocycles. The van der Waals surface area contributed by atoms with Gasteiger partial charge in [-0.05, 0) is 62.7 Å². The molecule has 0 aliphatic carbocycles. The zero-order valence-corrected chi connectivity index (χ0v) is 39.3. The Morgan fingerprint density at radius 2 is 0.614 bits per heavy atom. The van der Waals surface area contributed by atoms with Crippen LogP contribution in [0, 0.1) is 0 Å². The van der Waals surface area contributed by atoms with Crippen molar-refractivity contribution in [3.63, 3.8) is 0 Å². The highest BCUT2D eigenvalue weighted by Crippen LogP contribution is 2.44. The number of aromatic nitrogens is 3. The van der Waals surface area contributed by atoms with Crippen LogP contribution in [0.15, 0.2) is 273 Å². The number of hydrogen-bond donors (Lipinski definition) is 0. The Hall–Kier alpha value is -8.96. The van der Waals surface area contributed by atoms with E-state index in [0.29, 0.717) is 0 Å². The Bertz CT molecular complexity index is 4130. The number of benzene rings is 11. The van der Waals surface area contributed by atoms with E-state index in [1.165, 1.54) is 91.9 Å². The Kier molecular flexibility index (Phi) is 9.23. The number of rotatable bonds is 8. The molecule has 0 spiro atoms. The lowest BCUT2D eigenvalue weighted by Gasteiger charge is -2.36. The summed E-state index contributed by atoms with van der Waals surface area (Å²) in [6.07, 6.45) is 0. The van der Waals surface area contributed by atoms with Gasteiger partial charge in [-0.1, -0.05) is 237 Å². The Balaban J connectivity index is 1.24. The first-order chi connectivity index (χ1) is 34.8. The molecule has 14 rings (SSSR count). The summed E-state index contributed by atoms with van der Waals surface area (Å²) in [7, 11) is -3.19. The van der Waals surface area contributed by atoms with Crippen molar-refractivity contribution in [2.24, 2.45) is 0 Å². The molecule has 0 aliphatic rings. The van der Waals surface area contributed by atoms with Crippen molar-refractivity contribution in [1.82, 2.24) is 13.7 Å². The van der Waals surface area contributed by atoms with E-state index in [-0.39, 0.29) is 0 Å². The van der Waals surface area contributed by atoms with E-state index in [9.17, 15) is 0 Å². The van der Waals surface area contributed by atoms with Gasteiger partial charge in [0.05, 0.1) is 50.2 Å². The molecule has 3 aromatic heterocycles. The predicted octanol–water partition coefficient (Wildman–Crippen LogP) is 14.0. The average Bonchev–Trinajstić information content (AvgIpc) is 4.08. The van der Waals surface area contributed by atoms with Crippen LogP contribution in [0.3, 0.4) is 0 Å². The van der Waals surface area contributed by atoms with Gasteiger partial charge in [0.2, 0.25) is 0 Å². The van der Waals surface area contributed by atoms with Gasteiger partial charge in [-0.3, -0.25) is 0 Å². The standard InChI is InChI=1S/C66H45N3Si/c1-5-24-46(25-6-1)50-32-13-18-38-57(50)67-60-41-21-16-35-53(60)55-37-23-43-62(64(55)67)69-61-42-22-17-36-54(61)56-44-45-63(66(65(56)69)68-58-39-19-14-33-51(58)52-34-15-20-40-59(52)68)70(47-26-7-2-8-27-47,48-28-9-3-10-29-48)49-30-11-4-12-31-49/h1-45H. The zero-order valence-electron chi connectivity index (χ0n) is 38.3. The molecule has 0 bridgehead atoms. The van der Waals surface area contributed by atoms with Crippen LogP contribution in [-0.2, 0) is 0 Å². The van der Waals surface area contributed by atoms with Crippen molar-refractivity contribution in [1.29, 1.82) is 0 Å². The molecule has 0 atom stereocenters. The van der Waals surface area contributed by atoms with Gasteiger partial charge in [-0.2, -0.15) is 0 Å². The lowest BCUT2D eigenvalue weighted by molar-refractivity contribution is 1.11.